The Hall–Kier alpha value is -1.10. The zero-order valence-electron chi connectivity index (χ0n) is 15.7. The Bertz CT molecular complexity index is 501. The molecule has 2 heterocycles. The molecule has 0 radical (unpaired) electrons. The summed E-state index contributed by atoms with van der Waals surface area (Å²) in [6.45, 7) is 1.25. The lowest BCUT2D eigenvalue weighted by Gasteiger charge is -2.32. The molecule has 0 spiro atoms. The summed E-state index contributed by atoms with van der Waals surface area (Å²) in [5, 5.41) is 10.2. The third kappa shape index (κ3) is 3.64. The Morgan fingerprint density at radius 1 is 0.808 bits per heavy atom. The minimum absolute atomic E-state index is 0.00568. The molecular formula is C21H32O5. The third-order valence-electron chi connectivity index (χ3n) is 7.54. The van der Waals surface area contributed by atoms with Crippen LogP contribution in [0.1, 0.15) is 77.0 Å². The van der Waals surface area contributed by atoms with Gasteiger partial charge in [0.15, 0.2) is 0 Å². The first-order valence-corrected chi connectivity index (χ1v) is 10.6. The first-order chi connectivity index (χ1) is 12.5. The van der Waals surface area contributed by atoms with Crippen molar-refractivity contribution in [3.63, 3.8) is 0 Å². The van der Waals surface area contributed by atoms with E-state index in [1.807, 2.05) is 0 Å². The molecule has 4 fully saturated rings. The van der Waals surface area contributed by atoms with Gasteiger partial charge in [-0.3, -0.25) is 9.59 Å². The highest BCUT2D eigenvalue weighted by molar-refractivity contribution is 5.79. The number of aliphatic hydroxyl groups excluding tert-OH is 1. The number of carbonyl (C=O) groups is 2. The number of unbranched alkanes of at least 4 members (excludes halogenated alkanes) is 2. The molecule has 5 nitrogen and oxygen atoms in total. The highest BCUT2D eigenvalue weighted by atomic mass is 16.6. The zero-order valence-corrected chi connectivity index (χ0v) is 15.7. The summed E-state index contributed by atoms with van der Waals surface area (Å²) in [7, 11) is 0. The van der Waals surface area contributed by atoms with Crippen LogP contribution in [0.25, 0.3) is 0 Å². The van der Waals surface area contributed by atoms with E-state index in [1.54, 1.807) is 0 Å². The lowest BCUT2D eigenvalue weighted by molar-refractivity contribution is -0.175. The fourth-order valence-electron chi connectivity index (χ4n) is 5.05. The second-order valence-electron chi connectivity index (χ2n) is 9.24. The van der Waals surface area contributed by atoms with Crippen LogP contribution in [0.15, 0.2) is 0 Å². The summed E-state index contributed by atoms with van der Waals surface area (Å²) in [6, 6.07) is 0. The Morgan fingerprint density at radius 3 is 1.50 bits per heavy atom. The summed E-state index contributed by atoms with van der Waals surface area (Å²) >= 11 is 0. The number of esters is 2. The molecule has 4 aliphatic rings. The standard InChI is InChI=1S/C21H32O5/c22-15(5-1-3-7-20(9-10-20)16-13-25-18(16)23)6-2-4-8-21(11-12-21)17-14-26-19(17)24/h15-17,22H,1-14H2. The number of ether oxygens (including phenoxy) is 2. The van der Waals surface area contributed by atoms with E-state index in [-0.39, 0.29) is 40.7 Å². The van der Waals surface area contributed by atoms with Gasteiger partial charge in [-0.15, -0.1) is 0 Å². The first-order valence-electron chi connectivity index (χ1n) is 10.6. The predicted octanol–water partition coefficient (Wildman–Crippen LogP) is 3.37. The van der Waals surface area contributed by atoms with Crippen molar-refractivity contribution >= 4 is 11.9 Å². The van der Waals surface area contributed by atoms with Crippen LogP contribution in [0, 0.1) is 22.7 Å². The van der Waals surface area contributed by atoms with E-state index in [2.05, 4.69) is 0 Å². The van der Waals surface area contributed by atoms with Crippen molar-refractivity contribution in [1.29, 1.82) is 0 Å². The van der Waals surface area contributed by atoms with Crippen molar-refractivity contribution in [3.8, 4) is 0 Å². The average Bonchev–Trinajstić information content (AvgIpc) is 3.52. The Labute approximate surface area is 155 Å². The van der Waals surface area contributed by atoms with Gasteiger partial charge >= 0.3 is 11.9 Å². The van der Waals surface area contributed by atoms with E-state index in [4.69, 9.17) is 9.47 Å². The number of hydrogen-bond donors (Lipinski definition) is 1. The van der Waals surface area contributed by atoms with Crippen molar-refractivity contribution in [2.75, 3.05) is 13.2 Å². The van der Waals surface area contributed by atoms with Gasteiger partial charge in [0.1, 0.15) is 13.2 Å². The van der Waals surface area contributed by atoms with E-state index >= 15 is 0 Å². The lowest BCUT2D eigenvalue weighted by Crippen LogP contribution is -2.41. The van der Waals surface area contributed by atoms with Crippen molar-refractivity contribution in [2.45, 2.75) is 83.2 Å². The zero-order chi connectivity index (χ0) is 18.2. The molecule has 2 saturated heterocycles. The first kappa shape index (κ1) is 18.3. The smallest absolute Gasteiger partial charge is 0.313 e. The molecule has 2 aliphatic heterocycles. The molecule has 0 aromatic carbocycles. The van der Waals surface area contributed by atoms with E-state index in [0.717, 1.165) is 51.4 Å². The number of cyclic esters (lactones) is 2. The van der Waals surface area contributed by atoms with Crippen LogP contribution >= 0.6 is 0 Å². The van der Waals surface area contributed by atoms with Crippen LogP contribution in [0.5, 0.6) is 0 Å². The number of carbonyl (C=O) groups excluding carboxylic acids is 2. The highest BCUT2D eigenvalue weighted by Gasteiger charge is 2.57. The van der Waals surface area contributed by atoms with E-state index < -0.39 is 0 Å². The van der Waals surface area contributed by atoms with Crippen molar-refractivity contribution < 1.29 is 24.2 Å². The van der Waals surface area contributed by atoms with Crippen LogP contribution < -0.4 is 0 Å². The molecule has 2 unspecified atom stereocenters. The quantitative estimate of drug-likeness (QED) is 0.424. The van der Waals surface area contributed by atoms with Gasteiger partial charge in [-0.1, -0.05) is 25.7 Å². The van der Waals surface area contributed by atoms with Crippen LogP contribution in [0.4, 0.5) is 0 Å². The molecule has 2 saturated carbocycles. The number of aliphatic hydroxyl groups is 1. The Morgan fingerprint density at radius 2 is 1.23 bits per heavy atom. The Kier molecular flexibility index (Phi) is 5.02. The molecular weight excluding hydrogens is 332 g/mol. The monoisotopic (exact) mass is 364 g/mol. The van der Waals surface area contributed by atoms with Crippen LogP contribution in [0.2, 0.25) is 0 Å². The molecule has 2 aliphatic carbocycles. The van der Waals surface area contributed by atoms with Crippen molar-refractivity contribution in [2.24, 2.45) is 22.7 Å². The van der Waals surface area contributed by atoms with Crippen molar-refractivity contribution in [3.05, 3.63) is 0 Å². The predicted molar refractivity (Wildman–Crippen MR) is 95.2 cm³/mol. The van der Waals surface area contributed by atoms with Gasteiger partial charge in [0.25, 0.3) is 0 Å². The summed E-state index contributed by atoms with van der Waals surface area (Å²) in [5.74, 6) is 0.336. The largest absolute Gasteiger partial charge is 0.464 e. The Balaban J connectivity index is 1.04. The molecule has 0 aromatic rings. The lowest BCUT2D eigenvalue weighted by atomic mass is 9.82. The van der Waals surface area contributed by atoms with Gasteiger partial charge in [0.05, 0.1) is 17.9 Å². The second-order valence-corrected chi connectivity index (χ2v) is 9.24. The van der Waals surface area contributed by atoms with E-state index in [0.29, 0.717) is 13.2 Å². The summed E-state index contributed by atoms with van der Waals surface area (Å²) in [5.41, 5.74) is 0.503. The molecule has 26 heavy (non-hydrogen) atoms. The van der Waals surface area contributed by atoms with Gasteiger partial charge in [-0.25, -0.2) is 0 Å². The normalized spacial score (nSPS) is 31.3. The molecule has 5 heteroatoms. The molecule has 146 valence electrons. The molecule has 0 aromatic heterocycles. The molecule has 0 bridgehead atoms. The number of rotatable bonds is 12. The van der Waals surface area contributed by atoms with E-state index in [9.17, 15) is 14.7 Å². The SMILES string of the molecule is O=C1OCC1C1(CCCCC(O)CCCCC2(C3COC3=O)CC2)CC1. The van der Waals surface area contributed by atoms with Crippen LogP contribution in [0.3, 0.4) is 0 Å². The summed E-state index contributed by atoms with van der Waals surface area (Å²) in [6.07, 6.45) is 12.7. The fraction of sp³-hybridized carbons (Fsp3) is 0.905. The topological polar surface area (TPSA) is 72.8 Å². The maximum Gasteiger partial charge on any atom is 0.313 e. The molecule has 2 atom stereocenters. The minimum atomic E-state index is -0.206. The van der Waals surface area contributed by atoms with Gasteiger partial charge < -0.3 is 14.6 Å². The van der Waals surface area contributed by atoms with Gasteiger partial charge in [0.2, 0.25) is 0 Å². The molecule has 0 amide bonds. The fourth-order valence-corrected chi connectivity index (χ4v) is 5.05. The van der Waals surface area contributed by atoms with Gasteiger partial charge in [0, 0.05) is 0 Å². The maximum atomic E-state index is 11.5. The van der Waals surface area contributed by atoms with Gasteiger partial charge in [-0.05, 0) is 62.2 Å². The highest BCUT2D eigenvalue weighted by Crippen LogP contribution is 2.59. The van der Waals surface area contributed by atoms with Crippen molar-refractivity contribution in [1.82, 2.24) is 0 Å². The second kappa shape index (κ2) is 7.14. The third-order valence-corrected chi connectivity index (χ3v) is 7.54. The average molecular weight is 364 g/mol. The minimum Gasteiger partial charge on any atom is -0.464 e. The van der Waals surface area contributed by atoms with Crippen LogP contribution in [-0.2, 0) is 19.1 Å². The van der Waals surface area contributed by atoms with Gasteiger partial charge in [-0.2, -0.15) is 0 Å². The van der Waals surface area contributed by atoms with Crippen LogP contribution in [-0.4, -0.2) is 36.4 Å². The summed E-state index contributed by atoms with van der Waals surface area (Å²) in [4.78, 5) is 22.9. The maximum absolute atomic E-state index is 11.5. The molecule has 1 N–H and O–H groups in total. The van der Waals surface area contributed by atoms with E-state index in [1.165, 1.54) is 25.7 Å². The summed E-state index contributed by atoms with van der Waals surface area (Å²) < 4.78 is 9.85. The number of hydrogen-bond acceptors (Lipinski definition) is 5. The molecule has 4 rings (SSSR count).